The summed E-state index contributed by atoms with van der Waals surface area (Å²) in [5, 5.41) is 9.88. The van der Waals surface area contributed by atoms with E-state index in [-0.39, 0.29) is 12.6 Å². The molecule has 0 heterocycles. The van der Waals surface area contributed by atoms with Gasteiger partial charge in [0.25, 0.3) is 0 Å². The topological polar surface area (TPSA) is 55.5 Å². The maximum atomic E-state index is 9.88. The predicted molar refractivity (Wildman–Crippen MR) is 74.9 cm³/mol. The van der Waals surface area contributed by atoms with Crippen molar-refractivity contribution in [2.75, 3.05) is 6.54 Å². The maximum Gasteiger partial charge on any atom is 0.119 e. The summed E-state index contributed by atoms with van der Waals surface area (Å²) in [7, 11) is 0. The Bertz CT molecular complexity index is 357. The molecular weight excluding hydrogens is 226 g/mol. The van der Waals surface area contributed by atoms with Gasteiger partial charge in [-0.2, -0.15) is 0 Å². The first kappa shape index (κ1) is 15.0. The minimum absolute atomic E-state index is 0.0616. The lowest BCUT2D eigenvalue weighted by Gasteiger charge is -2.25. The van der Waals surface area contributed by atoms with Crippen molar-refractivity contribution in [2.24, 2.45) is 5.73 Å². The monoisotopic (exact) mass is 251 g/mol. The van der Waals surface area contributed by atoms with Gasteiger partial charge in [-0.05, 0) is 37.5 Å². The second-order valence-electron chi connectivity index (χ2n) is 5.56. The van der Waals surface area contributed by atoms with Crippen LogP contribution in [0.5, 0.6) is 5.75 Å². The van der Waals surface area contributed by atoms with Crippen LogP contribution in [0.25, 0.3) is 0 Å². The molecule has 102 valence electrons. The zero-order chi connectivity index (χ0) is 13.8. The van der Waals surface area contributed by atoms with Gasteiger partial charge in [-0.25, -0.2) is 0 Å². The third kappa shape index (κ3) is 4.67. The molecule has 3 N–H and O–H groups in total. The third-order valence-electron chi connectivity index (χ3n) is 3.05. The summed E-state index contributed by atoms with van der Waals surface area (Å²) in [5.74, 6) is 1.36. The minimum Gasteiger partial charge on any atom is -0.491 e. The van der Waals surface area contributed by atoms with E-state index in [0.29, 0.717) is 12.3 Å². The zero-order valence-corrected chi connectivity index (χ0v) is 11.8. The molecule has 0 bridgehead atoms. The van der Waals surface area contributed by atoms with Gasteiger partial charge in [-0.1, -0.05) is 26.0 Å². The van der Waals surface area contributed by atoms with Crippen molar-refractivity contribution < 1.29 is 9.84 Å². The molecule has 0 aliphatic heterocycles. The van der Waals surface area contributed by atoms with Crippen LogP contribution < -0.4 is 10.5 Å². The molecule has 2 atom stereocenters. The van der Waals surface area contributed by atoms with E-state index in [9.17, 15) is 5.11 Å². The highest BCUT2D eigenvalue weighted by molar-refractivity contribution is 5.29. The maximum absolute atomic E-state index is 9.88. The van der Waals surface area contributed by atoms with Crippen molar-refractivity contribution in [1.29, 1.82) is 0 Å². The Hall–Kier alpha value is -1.06. The van der Waals surface area contributed by atoms with Crippen LogP contribution >= 0.6 is 0 Å². The van der Waals surface area contributed by atoms with E-state index >= 15 is 0 Å². The van der Waals surface area contributed by atoms with Crippen LogP contribution in [0.15, 0.2) is 24.3 Å². The van der Waals surface area contributed by atoms with Crippen LogP contribution in [0.2, 0.25) is 0 Å². The lowest BCUT2D eigenvalue weighted by Crippen LogP contribution is -2.38. The van der Waals surface area contributed by atoms with Crippen molar-refractivity contribution in [3.63, 3.8) is 0 Å². The molecule has 0 fully saturated rings. The Balaban J connectivity index is 2.57. The number of hydrogen-bond acceptors (Lipinski definition) is 3. The fourth-order valence-electron chi connectivity index (χ4n) is 1.91. The smallest absolute Gasteiger partial charge is 0.119 e. The Morgan fingerprint density at radius 1 is 1.22 bits per heavy atom. The summed E-state index contributed by atoms with van der Waals surface area (Å²) < 4.78 is 5.77. The Morgan fingerprint density at radius 2 is 1.78 bits per heavy atom. The minimum atomic E-state index is -0.864. The average Bonchev–Trinajstić information content (AvgIpc) is 2.29. The first-order valence-corrected chi connectivity index (χ1v) is 6.53. The molecular formula is C15H25NO2. The Kier molecular flexibility index (Phi) is 5.17. The summed E-state index contributed by atoms with van der Waals surface area (Å²) in [6.45, 7) is 8.25. The summed E-state index contributed by atoms with van der Waals surface area (Å²) >= 11 is 0. The number of benzene rings is 1. The third-order valence-corrected chi connectivity index (χ3v) is 3.05. The lowest BCUT2D eigenvalue weighted by molar-refractivity contribution is 0.0237. The lowest BCUT2D eigenvalue weighted by atomic mass is 9.99. The molecule has 0 saturated heterocycles. The molecule has 0 radical (unpaired) electrons. The van der Waals surface area contributed by atoms with E-state index < -0.39 is 5.60 Å². The second-order valence-corrected chi connectivity index (χ2v) is 5.56. The van der Waals surface area contributed by atoms with Crippen LogP contribution in [0, 0.1) is 0 Å². The standard InChI is InChI=1S/C15H25NO2/c1-11(2)13-5-7-14(8-6-13)18-12(3)9-15(4,17)10-16/h5-8,11-12,17H,9-10,16H2,1-4H3. The summed E-state index contributed by atoms with van der Waals surface area (Å²) in [6.07, 6.45) is 0.462. The van der Waals surface area contributed by atoms with Gasteiger partial charge >= 0.3 is 0 Å². The molecule has 3 nitrogen and oxygen atoms in total. The fraction of sp³-hybridized carbons (Fsp3) is 0.600. The molecule has 3 heteroatoms. The molecule has 0 aliphatic rings. The molecule has 1 rings (SSSR count). The molecule has 0 spiro atoms. The van der Waals surface area contributed by atoms with Crippen molar-refractivity contribution in [3.05, 3.63) is 29.8 Å². The highest BCUT2D eigenvalue weighted by Crippen LogP contribution is 2.21. The summed E-state index contributed by atoms with van der Waals surface area (Å²) in [6, 6.07) is 8.10. The van der Waals surface area contributed by atoms with Gasteiger partial charge in [0, 0.05) is 13.0 Å². The quantitative estimate of drug-likeness (QED) is 0.817. The molecule has 0 aromatic heterocycles. The van der Waals surface area contributed by atoms with Gasteiger partial charge in [-0.15, -0.1) is 0 Å². The largest absolute Gasteiger partial charge is 0.491 e. The van der Waals surface area contributed by atoms with Crippen LogP contribution in [0.1, 0.15) is 45.6 Å². The van der Waals surface area contributed by atoms with E-state index in [1.165, 1.54) is 5.56 Å². The van der Waals surface area contributed by atoms with Crippen molar-refractivity contribution >= 4 is 0 Å². The van der Waals surface area contributed by atoms with Gasteiger partial charge < -0.3 is 15.6 Å². The SMILES string of the molecule is CC(CC(C)(O)CN)Oc1ccc(C(C)C)cc1. The first-order valence-electron chi connectivity index (χ1n) is 6.53. The number of hydrogen-bond donors (Lipinski definition) is 2. The predicted octanol–water partition coefficient (Wildman–Crippen LogP) is 2.68. The highest BCUT2D eigenvalue weighted by atomic mass is 16.5. The van der Waals surface area contributed by atoms with Crippen LogP contribution in [-0.4, -0.2) is 23.4 Å². The van der Waals surface area contributed by atoms with E-state index in [4.69, 9.17) is 10.5 Å². The molecule has 1 aromatic rings. The average molecular weight is 251 g/mol. The molecule has 0 amide bonds. The number of rotatable bonds is 6. The Labute approximate surface area is 110 Å². The second kappa shape index (κ2) is 6.21. The van der Waals surface area contributed by atoms with E-state index in [1.807, 2.05) is 19.1 Å². The molecule has 2 unspecified atom stereocenters. The molecule has 18 heavy (non-hydrogen) atoms. The van der Waals surface area contributed by atoms with Gasteiger partial charge in [0.15, 0.2) is 0 Å². The normalized spacial score (nSPS) is 16.4. The van der Waals surface area contributed by atoms with Crippen molar-refractivity contribution in [2.45, 2.75) is 51.7 Å². The Morgan fingerprint density at radius 3 is 2.22 bits per heavy atom. The number of ether oxygens (including phenoxy) is 1. The molecule has 0 saturated carbocycles. The zero-order valence-electron chi connectivity index (χ0n) is 11.8. The van der Waals surface area contributed by atoms with Gasteiger partial charge in [0.05, 0.1) is 11.7 Å². The summed E-state index contributed by atoms with van der Waals surface area (Å²) in [4.78, 5) is 0. The van der Waals surface area contributed by atoms with Crippen molar-refractivity contribution in [3.8, 4) is 5.75 Å². The number of aliphatic hydroxyl groups is 1. The van der Waals surface area contributed by atoms with Gasteiger partial charge in [0.1, 0.15) is 5.75 Å². The van der Waals surface area contributed by atoms with Crippen LogP contribution in [0.3, 0.4) is 0 Å². The van der Waals surface area contributed by atoms with Crippen molar-refractivity contribution in [1.82, 2.24) is 0 Å². The van der Waals surface area contributed by atoms with E-state index in [1.54, 1.807) is 6.92 Å². The number of nitrogens with two attached hydrogens (primary N) is 1. The van der Waals surface area contributed by atoms with Crippen LogP contribution in [-0.2, 0) is 0 Å². The highest BCUT2D eigenvalue weighted by Gasteiger charge is 2.22. The van der Waals surface area contributed by atoms with E-state index in [0.717, 1.165) is 5.75 Å². The molecule has 0 aliphatic carbocycles. The van der Waals surface area contributed by atoms with Crippen LogP contribution in [0.4, 0.5) is 0 Å². The van der Waals surface area contributed by atoms with Gasteiger partial charge in [0.2, 0.25) is 0 Å². The van der Waals surface area contributed by atoms with E-state index in [2.05, 4.69) is 26.0 Å². The molecule has 1 aromatic carbocycles. The summed E-state index contributed by atoms with van der Waals surface area (Å²) in [5.41, 5.74) is 5.93. The fourth-order valence-corrected chi connectivity index (χ4v) is 1.91. The first-order chi connectivity index (χ1) is 8.34. The van der Waals surface area contributed by atoms with Gasteiger partial charge in [-0.3, -0.25) is 0 Å².